The zero-order chi connectivity index (χ0) is 15.6. The maximum absolute atomic E-state index is 11.4. The van der Waals surface area contributed by atoms with Gasteiger partial charge in [-0.3, -0.25) is 0 Å². The Morgan fingerprint density at radius 3 is 2.24 bits per heavy atom. The summed E-state index contributed by atoms with van der Waals surface area (Å²) in [6.07, 6.45) is 0. The van der Waals surface area contributed by atoms with Gasteiger partial charge in [-0.15, -0.1) is 0 Å². The average Bonchev–Trinajstić information content (AvgIpc) is 2.46. The van der Waals surface area contributed by atoms with Crippen molar-refractivity contribution in [1.29, 1.82) is 5.26 Å². The molecule has 2 aromatic carbocycles. The van der Waals surface area contributed by atoms with Crippen molar-refractivity contribution in [2.45, 2.75) is 0 Å². The van der Waals surface area contributed by atoms with Gasteiger partial charge in [-0.25, -0.2) is 4.79 Å². The van der Waals surface area contributed by atoms with Gasteiger partial charge in [0.2, 0.25) is 0 Å². The Bertz CT molecular complexity index is 755. The molecule has 0 amide bonds. The number of halogens is 3. The molecule has 0 spiro atoms. The lowest BCUT2D eigenvalue weighted by atomic mass is 10.1. The van der Waals surface area contributed by atoms with Gasteiger partial charge in [0.1, 0.15) is 22.9 Å². The minimum absolute atomic E-state index is 0.153. The number of hydrogen-bond acceptors (Lipinski definition) is 3. The number of carboxylic acids is 1. The molecule has 21 heavy (non-hydrogen) atoms. The predicted octanol–water partition coefficient (Wildman–Crippen LogP) is 5.01. The molecular formula is C14H6Cl3NO3. The van der Waals surface area contributed by atoms with Gasteiger partial charge in [0.15, 0.2) is 5.75 Å². The van der Waals surface area contributed by atoms with Crippen molar-refractivity contribution in [3.05, 3.63) is 56.5 Å². The standard InChI is InChI=1S/C14H6Cl3NO3/c15-10-8(6-18)13(21-7-4-2-1-3-5-7)9(14(19)20)11(16)12(10)17/h1-5H,(H,19,20). The fourth-order valence-electron chi connectivity index (χ4n) is 1.64. The SMILES string of the molecule is N#Cc1c(Cl)c(Cl)c(Cl)c(C(=O)O)c1Oc1ccccc1. The molecule has 0 fully saturated rings. The van der Waals surface area contributed by atoms with E-state index in [9.17, 15) is 15.2 Å². The number of ether oxygens (including phenoxy) is 1. The van der Waals surface area contributed by atoms with Crippen molar-refractivity contribution in [3.8, 4) is 17.6 Å². The molecule has 7 heteroatoms. The Morgan fingerprint density at radius 1 is 1.10 bits per heavy atom. The molecule has 0 heterocycles. The number of rotatable bonds is 3. The van der Waals surface area contributed by atoms with Gasteiger partial charge in [-0.05, 0) is 12.1 Å². The zero-order valence-corrected chi connectivity index (χ0v) is 12.5. The van der Waals surface area contributed by atoms with Gasteiger partial charge in [0.25, 0.3) is 0 Å². The van der Waals surface area contributed by atoms with E-state index in [1.807, 2.05) is 0 Å². The van der Waals surface area contributed by atoms with E-state index in [-0.39, 0.29) is 26.4 Å². The molecule has 4 nitrogen and oxygen atoms in total. The van der Waals surface area contributed by atoms with Gasteiger partial charge in [0, 0.05) is 0 Å². The van der Waals surface area contributed by atoms with Crippen LogP contribution in [0.15, 0.2) is 30.3 Å². The highest BCUT2D eigenvalue weighted by molar-refractivity contribution is 6.50. The number of aromatic carboxylic acids is 1. The van der Waals surface area contributed by atoms with Crippen molar-refractivity contribution in [1.82, 2.24) is 0 Å². The van der Waals surface area contributed by atoms with Gasteiger partial charge in [-0.2, -0.15) is 5.26 Å². The molecule has 2 rings (SSSR count). The number of benzene rings is 2. The topological polar surface area (TPSA) is 70.3 Å². The molecule has 0 bridgehead atoms. The summed E-state index contributed by atoms with van der Waals surface area (Å²) < 4.78 is 5.48. The first-order valence-electron chi connectivity index (χ1n) is 5.54. The van der Waals surface area contributed by atoms with Gasteiger partial charge in [-0.1, -0.05) is 53.0 Å². The number of carbonyl (C=O) groups is 1. The minimum atomic E-state index is -1.37. The highest BCUT2D eigenvalue weighted by Gasteiger charge is 2.27. The number of hydrogen-bond donors (Lipinski definition) is 1. The average molecular weight is 343 g/mol. The fraction of sp³-hybridized carbons (Fsp3) is 0. The number of para-hydroxylation sites is 1. The van der Waals surface area contributed by atoms with Crippen LogP contribution in [0.5, 0.6) is 11.5 Å². The Balaban J connectivity index is 2.73. The summed E-state index contributed by atoms with van der Waals surface area (Å²) in [5.41, 5.74) is -0.598. The maximum Gasteiger partial charge on any atom is 0.341 e. The van der Waals surface area contributed by atoms with Crippen molar-refractivity contribution in [2.75, 3.05) is 0 Å². The normalized spacial score (nSPS) is 10.0. The highest BCUT2D eigenvalue weighted by Crippen LogP contribution is 2.44. The van der Waals surface area contributed by atoms with E-state index in [1.54, 1.807) is 36.4 Å². The summed E-state index contributed by atoms with van der Waals surface area (Å²) in [5.74, 6) is -1.28. The highest BCUT2D eigenvalue weighted by atomic mass is 35.5. The molecule has 1 N–H and O–H groups in total. The smallest absolute Gasteiger partial charge is 0.341 e. The summed E-state index contributed by atoms with van der Waals surface area (Å²) in [4.78, 5) is 11.4. The monoisotopic (exact) mass is 341 g/mol. The maximum atomic E-state index is 11.4. The van der Waals surface area contributed by atoms with Crippen molar-refractivity contribution in [3.63, 3.8) is 0 Å². The lowest BCUT2D eigenvalue weighted by molar-refractivity contribution is 0.0694. The largest absolute Gasteiger partial charge is 0.477 e. The quantitative estimate of drug-likeness (QED) is 0.796. The lowest BCUT2D eigenvalue weighted by Gasteiger charge is -2.14. The van der Waals surface area contributed by atoms with Crippen LogP contribution in [-0.4, -0.2) is 11.1 Å². The number of nitrogens with zero attached hydrogens (tertiary/aromatic N) is 1. The van der Waals surface area contributed by atoms with Crippen molar-refractivity contribution in [2.24, 2.45) is 0 Å². The molecule has 0 atom stereocenters. The first-order valence-corrected chi connectivity index (χ1v) is 6.67. The molecule has 0 aliphatic rings. The zero-order valence-electron chi connectivity index (χ0n) is 10.2. The molecule has 0 saturated carbocycles. The third-order valence-electron chi connectivity index (χ3n) is 2.57. The first kappa shape index (κ1) is 15.5. The van der Waals surface area contributed by atoms with Gasteiger partial charge < -0.3 is 9.84 Å². The minimum Gasteiger partial charge on any atom is -0.477 e. The molecule has 0 unspecified atom stereocenters. The fourth-order valence-corrected chi connectivity index (χ4v) is 2.36. The molecule has 0 aromatic heterocycles. The van der Waals surface area contributed by atoms with Crippen LogP contribution in [0.25, 0.3) is 0 Å². The number of nitriles is 1. The second-order valence-electron chi connectivity index (χ2n) is 3.85. The van der Waals surface area contributed by atoms with E-state index < -0.39 is 11.5 Å². The van der Waals surface area contributed by atoms with Crippen molar-refractivity contribution >= 4 is 40.8 Å². The lowest BCUT2D eigenvalue weighted by Crippen LogP contribution is -2.04. The van der Waals surface area contributed by atoms with Crippen LogP contribution in [-0.2, 0) is 0 Å². The second-order valence-corrected chi connectivity index (χ2v) is 4.99. The van der Waals surface area contributed by atoms with Crippen LogP contribution in [0.3, 0.4) is 0 Å². The van der Waals surface area contributed by atoms with E-state index >= 15 is 0 Å². The number of carboxylic acid groups (broad SMARTS) is 1. The van der Waals surface area contributed by atoms with Gasteiger partial charge >= 0.3 is 5.97 Å². The van der Waals surface area contributed by atoms with Crippen LogP contribution in [0.2, 0.25) is 15.1 Å². The van der Waals surface area contributed by atoms with Gasteiger partial charge in [0.05, 0.1) is 15.1 Å². The predicted molar refractivity (Wildman–Crippen MR) is 79.7 cm³/mol. The van der Waals surface area contributed by atoms with E-state index in [4.69, 9.17) is 39.5 Å². The molecule has 2 aromatic rings. The van der Waals surface area contributed by atoms with E-state index in [0.29, 0.717) is 5.75 Å². The third kappa shape index (κ3) is 2.91. The van der Waals surface area contributed by atoms with Crippen molar-refractivity contribution < 1.29 is 14.6 Å². The van der Waals surface area contributed by atoms with E-state index in [2.05, 4.69) is 0 Å². The third-order valence-corrected chi connectivity index (χ3v) is 3.89. The summed E-state index contributed by atoms with van der Waals surface area (Å²) >= 11 is 17.7. The Kier molecular flexibility index (Phi) is 4.59. The molecular weight excluding hydrogens is 337 g/mol. The summed E-state index contributed by atoms with van der Waals surface area (Å²) in [7, 11) is 0. The van der Waals surface area contributed by atoms with E-state index in [0.717, 1.165) is 0 Å². The van der Waals surface area contributed by atoms with Crippen LogP contribution in [0.4, 0.5) is 0 Å². The van der Waals surface area contributed by atoms with Crippen LogP contribution in [0.1, 0.15) is 15.9 Å². The summed E-state index contributed by atoms with van der Waals surface area (Å²) in [6, 6.07) is 10.1. The van der Waals surface area contributed by atoms with E-state index in [1.165, 1.54) is 0 Å². The molecule has 0 aliphatic carbocycles. The molecule has 0 aliphatic heterocycles. The Morgan fingerprint density at radius 2 is 1.71 bits per heavy atom. The molecule has 0 radical (unpaired) electrons. The van der Waals surface area contributed by atoms with Crippen LogP contribution in [0, 0.1) is 11.3 Å². The summed E-state index contributed by atoms with van der Waals surface area (Å²) in [6.45, 7) is 0. The van der Waals surface area contributed by atoms with Crippen LogP contribution < -0.4 is 4.74 Å². The Labute approximate surface area is 135 Å². The Hall–Kier alpha value is -1.93. The second kappa shape index (κ2) is 6.23. The first-order chi connectivity index (χ1) is 9.97. The van der Waals surface area contributed by atoms with Crippen LogP contribution >= 0.6 is 34.8 Å². The molecule has 106 valence electrons. The molecule has 0 saturated heterocycles. The summed E-state index contributed by atoms with van der Waals surface area (Å²) in [5, 5.41) is 17.8.